The summed E-state index contributed by atoms with van der Waals surface area (Å²) in [5, 5.41) is 0. The Kier molecular flexibility index (Phi) is 7.78. The van der Waals surface area contributed by atoms with Crippen LogP contribution in [0.2, 0.25) is 0 Å². The second-order valence-electron chi connectivity index (χ2n) is 8.18. The summed E-state index contributed by atoms with van der Waals surface area (Å²) in [6.07, 6.45) is -31.7. The van der Waals surface area contributed by atoms with Crippen LogP contribution in [-0.2, 0) is 23.9 Å². The molecule has 0 N–H and O–H groups in total. The minimum absolute atomic E-state index is 0.698. The highest BCUT2D eigenvalue weighted by atomic mass is 19.4. The van der Waals surface area contributed by atoms with Gasteiger partial charge in [-0.25, -0.2) is 18.0 Å². The average Bonchev–Trinajstić information content (AvgIpc) is 2.85. The molecule has 2 aliphatic rings. The molecule has 0 aromatic rings. The molecule has 1 aliphatic carbocycles. The van der Waals surface area contributed by atoms with E-state index in [9.17, 15) is 75.8 Å². The molecule has 0 radical (unpaired) electrons. The Morgan fingerprint density at radius 1 is 0.947 bits per heavy atom. The van der Waals surface area contributed by atoms with Crippen molar-refractivity contribution in [2.24, 2.45) is 5.92 Å². The van der Waals surface area contributed by atoms with Crippen LogP contribution in [0.3, 0.4) is 0 Å². The zero-order chi connectivity index (χ0) is 29.9. The maximum Gasteiger partial charge on any atom is 0.452 e. The van der Waals surface area contributed by atoms with Gasteiger partial charge in [-0.3, -0.25) is 19.2 Å². The molecule has 4 unspecified atom stereocenters. The van der Waals surface area contributed by atoms with E-state index in [-0.39, 0.29) is 0 Å². The van der Waals surface area contributed by atoms with Crippen LogP contribution >= 0.6 is 0 Å². The molecule has 21 heteroatoms. The summed E-state index contributed by atoms with van der Waals surface area (Å²) >= 11 is 0. The van der Waals surface area contributed by atoms with Gasteiger partial charge in [0.15, 0.2) is 6.61 Å². The van der Waals surface area contributed by atoms with Crippen molar-refractivity contribution in [1.82, 2.24) is 4.90 Å². The molecule has 2 fully saturated rings. The molecule has 0 aromatic carbocycles. The molecule has 6 nitrogen and oxygen atoms in total. The van der Waals surface area contributed by atoms with Crippen molar-refractivity contribution < 1.29 is 89.7 Å². The summed E-state index contributed by atoms with van der Waals surface area (Å²) in [4.78, 5) is 35.0. The van der Waals surface area contributed by atoms with Gasteiger partial charge >= 0.3 is 36.5 Å². The van der Waals surface area contributed by atoms with Gasteiger partial charge in [-0.15, -0.1) is 0 Å². The second-order valence-corrected chi connectivity index (χ2v) is 8.18. The van der Waals surface area contributed by atoms with Gasteiger partial charge in [-0.05, 0) is 12.8 Å². The van der Waals surface area contributed by atoms with Gasteiger partial charge in [0.1, 0.15) is 6.42 Å². The molecule has 1 heterocycles. The fourth-order valence-corrected chi connectivity index (χ4v) is 3.75. The molecule has 4 atom stereocenters. The van der Waals surface area contributed by atoms with Crippen LogP contribution in [-0.4, -0.2) is 77.4 Å². The molecule has 2 rings (SSSR count). The van der Waals surface area contributed by atoms with Crippen LogP contribution in [0.25, 0.3) is 0 Å². The lowest BCUT2D eigenvalue weighted by molar-refractivity contribution is -0.428. The van der Waals surface area contributed by atoms with E-state index in [0.29, 0.717) is 0 Å². The first-order valence-corrected chi connectivity index (χ1v) is 9.78. The predicted molar refractivity (Wildman–Crippen MR) is 85.4 cm³/mol. The highest BCUT2D eigenvalue weighted by Gasteiger charge is 2.77. The fourth-order valence-electron chi connectivity index (χ4n) is 3.75. The van der Waals surface area contributed by atoms with Crippen molar-refractivity contribution in [2.45, 2.75) is 73.8 Å². The Morgan fingerprint density at radius 2 is 1.47 bits per heavy atom. The lowest BCUT2D eigenvalue weighted by Crippen LogP contribution is -2.59. The molecular weight excluding hydrogens is 583 g/mol. The number of ether oxygens (including phenoxy) is 2. The average molecular weight is 595 g/mol. The van der Waals surface area contributed by atoms with Crippen LogP contribution < -0.4 is 0 Å². The number of hydrogen-bond acceptors (Lipinski definition) is 5. The molecular formula is C17H12F15NO5. The van der Waals surface area contributed by atoms with Crippen LogP contribution in [0.15, 0.2) is 0 Å². The van der Waals surface area contributed by atoms with E-state index in [1.54, 1.807) is 0 Å². The quantitative estimate of drug-likeness (QED) is 0.241. The number of carbonyl (C=O) groups excluding carboxylic acids is 3. The molecule has 0 spiro atoms. The van der Waals surface area contributed by atoms with Crippen LogP contribution in [0.1, 0.15) is 25.7 Å². The number of hydrogen-bond donors (Lipinski definition) is 0. The van der Waals surface area contributed by atoms with Crippen molar-refractivity contribution in [3.8, 4) is 0 Å². The number of rotatable bonds is 7. The Labute approximate surface area is 200 Å². The minimum Gasteiger partial charge on any atom is -0.457 e. The lowest BCUT2D eigenvalue weighted by atomic mass is 9.75. The van der Waals surface area contributed by atoms with Crippen molar-refractivity contribution in [1.29, 1.82) is 0 Å². The zero-order valence-electron chi connectivity index (χ0n) is 17.8. The van der Waals surface area contributed by atoms with Crippen LogP contribution in [0, 0.1) is 5.92 Å². The lowest BCUT2D eigenvalue weighted by Gasteiger charge is -2.35. The number of amides is 2. The van der Waals surface area contributed by atoms with Gasteiger partial charge in [-0.1, -0.05) is 0 Å². The number of nitrogens with zero attached hydrogens (tertiary/aromatic N) is 1. The van der Waals surface area contributed by atoms with E-state index in [0.717, 1.165) is 0 Å². The highest BCUT2D eigenvalue weighted by Crippen LogP contribution is 2.54. The normalized spacial score (nSPS) is 27.1. The van der Waals surface area contributed by atoms with E-state index in [1.807, 2.05) is 0 Å². The Bertz CT molecular complexity index is 961. The SMILES string of the molecule is O=C(OCC(F)(OC(F)(F)CC(F)(F)F)C(F)(F)F)C(N1C(=O)C2CCCC(F)(F)C2(F)C1=O)C(F)(F)F. The topological polar surface area (TPSA) is 72.9 Å². The molecule has 0 aromatic heterocycles. The summed E-state index contributed by atoms with van der Waals surface area (Å²) in [6.45, 7) is -3.36. The standard InChI is InChI=1S/C17H12F15NO5/c18-11(19)3-1-2-6-8(34)33(10(36)15(6,11)26)7(16(27,28)29)9(35)37-5-12(20,17(30,31)32)38-14(24,25)4-13(21,22)23/h6-7H,1-5H2. The van der Waals surface area contributed by atoms with Crippen LogP contribution in [0.5, 0.6) is 0 Å². The van der Waals surface area contributed by atoms with Gasteiger partial charge < -0.3 is 4.74 Å². The van der Waals surface area contributed by atoms with E-state index < -0.39 is 109 Å². The first-order chi connectivity index (χ1) is 16.7. The van der Waals surface area contributed by atoms with Crippen molar-refractivity contribution in [3.63, 3.8) is 0 Å². The molecule has 0 bridgehead atoms. The third-order valence-electron chi connectivity index (χ3n) is 5.39. The third-order valence-corrected chi connectivity index (χ3v) is 5.39. The first-order valence-electron chi connectivity index (χ1n) is 9.78. The fraction of sp³-hybridized carbons (Fsp3) is 0.824. The zero-order valence-corrected chi connectivity index (χ0v) is 17.8. The Balaban J connectivity index is 2.40. The summed E-state index contributed by atoms with van der Waals surface area (Å²) in [5.41, 5.74) is -4.62. The largest absolute Gasteiger partial charge is 0.457 e. The summed E-state index contributed by atoms with van der Waals surface area (Å²) in [7, 11) is 0. The van der Waals surface area contributed by atoms with Gasteiger partial charge in [0, 0.05) is 6.42 Å². The summed E-state index contributed by atoms with van der Waals surface area (Å²) in [6, 6.07) is -4.48. The maximum atomic E-state index is 15.0. The van der Waals surface area contributed by atoms with E-state index >= 15 is 4.39 Å². The van der Waals surface area contributed by atoms with E-state index in [2.05, 4.69) is 9.47 Å². The number of imide groups is 1. The minimum atomic E-state index is -6.80. The van der Waals surface area contributed by atoms with E-state index in [4.69, 9.17) is 0 Å². The highest BCUT2D eigenvalue weighted by molar-refractivity contribution is 6.12. The Morgan fingerprint density at radius 3 is 1.89 bits per heavy atom. The monoisotopic (exact) mass is 595 g/mol. The van der Waals surface area contributed by atoms with Crippen molar-refractivity contribution in [2.75, 3.05) is 6.61 Å². The maximum absolute atomic E-state index is 15.0. The second kappa shape index (κ2) is 9.32. The molecule has 1 aliphatic heterocycles. The smallest absolute Gasteiger partial charge is 0.452 e. The van der Waals surface area contributed by atoms with Gasteiger partial charge in [0.2, 0.25) is 11.9 Å². The number of alkyl halides is 15. The molecule has 1 saturated carbocycles. The molecule has 38 heavy (non-hydrogen) atoms. The number of halogens is 15. The van der Waals surface area contributed by atoms with Gasteiger partial charge in [0.05, 0.1) is 5.92 Å². The van der Waals surface area contributed by atoms with Gasteiger partial charge in [-0.2, -0.15) is 52.7 Å². The number of esters is 1. The number of carbonyl (C=O) groups is 3. The predicted octanol–water partition coefficient (Wildman–Crippen LogP) is 4.76. The Hall–Kier alpha value is -2.48. The van der Waals surface area contributed by atoms with Gasteiger partial charge in [0.25, 0.3) is 17.5 Å². The molecule has 2 amide bonds. The molecule has 220 valence electrons. The third kappa shape index (κ3) is 5.75. The van der Waals surface area contributed by atoms with Crippen LogP contribution in [0.4, 0.5) is 65.9 Å². The number of likely N-dealkylation sites (tertiary alicyclic amines) is 1. The summed E-state index contributed by atoms with van der Waals surface area (Å²) < 4.78 is 205. The van der Waals surface area contributed by atoms with Crippen molar-refractivity contribution >= 4 is 17.8 Å². The summed E-state index contributed by atoms with van der Waals surface area (Å²) in [5.74, 6) is -22.2. The molecule has 1 saturated heterocycles. The van der Waals surface area contributed by atoms with Crippen molar-refractivity contribution in [3.05, 3.63) is 0 Å². The van der Waals surface area contributed by atoms with E-state index in [1.165, 1.54) is 0 Å². The number of fused-ring (bicyclic) bond motifs is 1. The first kappa shape index (κ1) is 31.7.